The first-order chi connectivity index (χ1) is 5.38. The Labute approximate surface area is 74.6 Å². The predicted octanol–water partition coefficient (Wildman–Crippen LogP) is 1.97. The second kappa shape index (κ2) is 2.68. The van der Waals surface area contributed by atoms with E-state index in [2.05, 4.69) is 18.8 Å². The first-order valence-corrected chi connectivity index (χ1v) is 5.55. The van der Waals surface area contributed by atoms with Gasteiger partial charge in [0.05, 0.1) is 11.4 Å². The largest absolute Gasteiger partial charge is 0.397 e. The van der Waals surface area contributed by atoms with Crippen molar-refractivity contribution < 1.29 is 0 Å². The van der Waals surface area contributed by atoms with Gasteiger partial charge in [-0.25, -0.2) is 0 Å². The highest BCUT2D eigenvalue weighted by Gasteiger charge is 2.02. The van der Waals surface area contributed by atoms with Gasteiger partial charge in [0.15, 0.2) is 0 Å². The van der Waals surface area contributed by atoms with Crippen LogP contribution in [0, 0.1) is 0 Å². The molecule has 56 valence electrons. The molecule has 0 saturated carbocycles. The van der Waals surface area contributed by atoms with E-state index in [1.54, 1.807) is 0 Å². The van der Waals surface area contributed by atoms with Gasteiger partial charge in [0, 0.05) is 17.8 Å². The zero-order valence-corrected chi connectivity index (χ0v) is 7.92. The number of anilines is 1. The minimum Gasteiger partial charge on any atom is -0.397 e. The van der Waals surface area contributed by atoms with E-state index in [-0.39, 0.29) is 20.7 Å². The van der Waals surface area contributed by atoms with Crippen molar-refractivity contribution in [3.63, 3.8) is 0 Å². The van der Waals surface area contributed by atoms with Crippen molar-refractivity contribution in [2.24, 2.45) is 0 Å². The van der Waals surface area contributed by atoms with Crippen molar-refractivity contribution in [2.75, 3.05) is 5.73 Å². The zero-order valence-electron chi connectivity index (χ0n) is 5.76. The molecule has 0 unspecified atom stereocenters. The van der Waals surface area contributed by atoms with Crippen LogP contribution < -0.4 is 5.73 Å². The molecule has 11 heavy (non-hydrogen) atoms. The number of H-pyrrole nitrogens is 1. The van der Waals surface area contributed by atoms with E-state index in [0.717, 1.165) is 16.9 Å². The lowest BCUT2D eigenvalue weighted by molar-refractivity contribution is 1.38. The molecule has 0 amide bonds. The normalized spacial score (nSPS) is 13.8. The number of nitrogens with one attached hydrogen (secondary N) is 1. The molecule has 0 fully saturated rings. The predicted molar refractivity (Wildman–Crippen MR) is 57.7 cm³/mol. The van der Waals surface area contributed by atoms with Gasteiger partial charge in [-0.3, -0.25) is 0 Å². The third kappa shape index (κ3) is 1.17. The van der Waals surface area contributed by atoms with Gasteiger partial charge < -0.3 is 10.7 Å². The highest BCUT2D eigenvalue weighted by atomic mass is 127. The van der Waals surface area contributed by atoms with Crippen LogP contribution in [0.25, 0.3) is 12.2 Å². The van der Waals surface area contributed by atoms with Gasteiger partial charge in [-0.05, 0) is 30.9 Å². The molecule has 2 heterocycles. The van der Waals surface area contributed by atoms with E-state index in [0.29, 0.717) is 0 Å². The van der Waals surface area contributed by atoms with Crippen molar-refractivity contribution in [2.45, 2.75) is 0 Å². The maximum atomic E-state index is 5.71. The molecule has 0 aliphatic carbocycles. The van der Waals surface area contributed by atoms with Crippen LogP contribution in [0.15, 0.2) is 10.3 Å². The summed E-state index contributed by atoms with van der Waals surface area (Å²) in [7, 11) is 0. The highest BCUT2D eigenvalue weighted by molar-refractivity contribution is 14.2. The third-order valence-corrected chi connectivity index (χ3v) is 2.93. The number of aromatic amines is 1. The topological polar surface area (TPSA) is 41.8 Å². The smallest absolute Gasteiger partial charge is 0.0572 e. The molecule has 0 bridgehead atoms. The average molecular weight is 258 g/mol. The minimum absolute atomic E-state index is 0.00937. The molecule has 0 aromatic carbocycles. The molecular formula is C8H7IN2. The Morgan fingerprint density at radius 3 is 3.36 bits per heavy atom. The summed E-state index contributed by atoms with van der Waals surface area (Å²) in [5.41, 5.74) is 8.72. The average Bonchev–Trinajstić information content (AvgIpc) is 2.25. The summed E-state index contributed by atoms with van der Waals surface area (Å²) in [6.45, 7) is 0. The Morgan fingerprint density at radius 1 is 1.55 bits per heavy atom. The van der Waals surface area contributed by atoms with E-state index >= 15 is 0 Å². The summed E-state index contributed by atoms with van der Waals surface area (Å²) in [6.07, 6.45) is 5.88. The van der Waals surface area contributed by atoms with Crippen molar-refractivity contribution in [1.82, 2.24) is 4.98 Å². The molecule has 3 N–H and O–H groups in total. The summed E-state index contributed by atoms with van der Waals surface area (Å²) in [4.78, 5) is 3.09. The number of hydrogen-bond acceptors (Lipinski definition) is 1. The van der Waals surface area contributed by atoms with Gasteiger partial charge in [0.2, 0.25) is 0 Å². The van der Waals surface area contributed by atoms with Gasteiger partial charge in [-0.15, -0.1) is 0 Å². The van der Waals surface area contributed by atoms with Gasteiger partial charge in [0.25, 0.3) is 0 Å². The Kier molecular flexibility index (Phi) is 1.68. The molecule has 0 saturated heterocycles. The van der Waals surface area contributed by atoms with Gasteiger partial charge >= 0.3 is 0 Å². The van der Waals surface area contributed by atoms with E-state index in [1.807, 2.05) is 12.3 Å². The van der Waals surface area contributed by atoms with E-state index in [9.17, 15) is 0 Å². The Morgan fingerprint density at radius 2 is 2.45 bits per heavy atom. The van der Waals surface area contributed by atoms with Crippen LogP contribution in [0.2, 0.25) is 0 Å². The lowest BCUT2D eigenvalue weighted by Crippen LogP contribution is -1.83. The number of aromatic nitrogens is 1. The molecule has 2 rings (SSSR count). The summed E-state index contributed by atoms with van der Waals surface area (Å²) in [5.74, 6) is 0. The zero-order chi connectivity index (χ0) is 7.68. The van der Waals surface area contributed by atoms with E-state index < -0.39 is 0 Å². The van der Waals surface area contributed by atoms with Gasteiger partial charge in [0.1, 0.15) is 0 Å². The number of nitrogen functional groups attached to an aromatic ring is 1. The summed E-state index contributed by atoms with van der Waals surface area (Å²) < 4.78 is 5.39. The monoisotopic (exact) mass is 258 g/mol. The molecule has 1 aromatic heterocycles. The van der Waals surface area contributed by atoms with Gasteiger partial charge in [-0.1, -0.05) is 3.67 Å². The maximum absolute atomic E-state index is 5.71. The molecule has 0 spiro atoms. The van der Waals surface area contributed by atoms with Crippen LogP contribution in [0.4, 0.5) is 5.69 Å². The summed E-state index contributed by atoms with van der Waals surface area (Å²) in [5, 5.41) is 0. The molecular weight excluding hydrogens is 251 g/mol. The van der Waals surface area contributed by atoms with Crippen LogP contribution in [0.3, 0.4) is 0 Å². The fraction of sp³-hybridized carbons (Fsp3) is 0. The number of hydrogen-bond donors (Lipinski definition) is 2. The fourth-order valence-electron chi connectivity index (χ4n) is 0.989. The minimum atomic E-state index is -0.00937. The maximum Gasteiger partial charge on any atom is 0.0572 e. The molecule has 3 heteroatoms. The third-order valence-electron chi connectivity index (χ3n) is 1.54. The molecule has 1 aliphatic heterocycles. The molecule has 2 nitrogen and oxygen atoms in total. The van der Waals surface area contributed by atoms with Crippen LogP contribution in [-0.2, 0) is 0 Å². The number of halogens is 1. The van der Waals surface area contributed by atoms with E-state index in [4.69, 9.17) is 5.73 Å². The Bertz CT molecular complexity index is 367. The van der Waals surface area contributed by atoms with Crippen molar-refractivity contribution in [3.05, 3.63) is 21.5 Å². The van der Waals surface area contributed by atoms with Crippen LogP contribution in [-0.4, -0.2) is 8.65 Å². The Balaban J connectivity index is 2.69. The van der Waals surface area contributed by atoms with Gasteiger partial charge in [-0.2, -0.15) is 0 Å². The highest BCUT2D eigenvalue weighted by Crippen LogP contribution is 2.21. The second-order valence-electron chi connectivity index (χ2n) is 2.23. The van der Waals surface area contributed by atoms with Crippen molar-refractivity contribution in [3.8, 4) is 0 Å². The van der Waals surface area contributed by atoms with Crippen molar-refractivity contribution >= 4 is 42.2 Å². The lowest BCUT2D eigenvalue weighted by atomic mass is 10.2. The second-order valence-corrected chi connectivity index (χ2v) is 4.19. The van der Waals surface area contributed by atoms with Crippen molar-refractivity contribution in [1.29, 1.82) is 0 Å². The van der Waals surface area contributed by atoms with E-state index in [1.165, 1.54) is 0 Å². The standard InChI is InChI=1S/C8H7IN2/c10-7-5-11-8-2-4-9-3-1-6(7)8/h1-3,5,11H,10H2. The molecule has 0 atom stereocenters. The number of fused-ring (bicyclic) bond motifs is 1. The van der Waals surface area contributed by atoms with Crippen LogP contribution in [0.1, 0.15) is 11.3 Å². The quantitative estimate of drug-likeness (QED) is 0.686. The van der Waals surface area contributed by atoms with Crippen LogP contribution in [0.5, 0.6) is 0 Å². The van der Waals surface area contributed by atoms with Crippen LogP contribution >= 0.6 is 20.7 Å². The Hall–Kier alpha value is -0.800. The lowest BCUT2D eigenvalue weighted by Gasteiger charge is -1.89. The molecule has 1 aliphatic rings. The summed E-state index contributed by atoms with van der Waals surface area (Å²) in [6, 6.07) is 0. The SMILES string of the molecule is Nc1c[nH]c2c1C=CI=C=C2. The number of rotatable bonds is 0. The fourth-order valence-corrected chi connectivity index (χ4v) is 2.23. The molecule has 1 aromatic rings. The number of nitrogens with two attached hydrogens (primary N) is 1. The first kappa shape index (κ1) is 6.88. The summed E-state index contributed by atoms with van der Waals surface area (Å²) >= 11 is -0.00937. The molecule has 0 radical (unpaired) electrons. The first-order valence-electron chi connectivity index (χ1n) is 3.22.